The molecule has 0 saturated carbocycles. The molecule has 1 aromatic carbocycles. The highest BCUT2D eigenvalue weighted by molar-refractivity contribution is 8.93. The topological polar surface area (TPSA) is 48.5 Å². The molecule has 2 amide bonds. The molecular weight excluding hydrogens is 508 g/mol. The van der Waals surface area contributed by atoms with Gasteiger partial charge in [-0.3, -0.25) is 4.90 Å². The van der Waals surface area contributed by atoms with Crippen LogP contribution in [0.5, 0.6) is 0 Å². The number of hydrogen-bond acceptors (Lipinski definition) is 3. The van der Waals surface area contributed by atoms with Crippen molar-refractivity contribution in [2.24, 2.45) is 5.41 Å². The van der Waals surface area contributed by atoms with Gasteiger partial charge in [0.15, 0.2) is 0 Å². The molecule has 0 bridgehead atoms. The number of amides is 2. The number of aromatic nitrogens is 1. The SMILES string of the molecule is Br.Br.Cc1cc(C)nc(N(CC(NCc2ccccc2)C(C)(C)C)C(=O)N(C)C)c1. The van der Waals surface area contributed by atoms with Crippen LogP contribution in [0.4, 0.5) is 10.6 Å². The van der Waals surface area contributed by atoms with E-state index in [2.05, 4.69) is 43.2 Å². The van der Waals surface area contributed by atoms with E-state index in [-0.39, 0.29) is 51.5 Å². The summed E-state index contributed by atoms with van der Waals surface area (Å²) in [5, 5.41) is 3.66. The van der Waals surface area contributed by atoms with Crippen molar-refractivity contribution in [3.05, 3.63) is 59.3 Å². The van der Waals surface area contributed by atoms with E-state index in [0.29, 0.717) is 12.4 Å². The van der Waals surface area contributed by atoms with Gasteiger partial charge in [-0.1, -0.05) is 51.1 Å². The highest BCUT2D eigenvalue weighted by Gasteiger charge is 2.30. The van der Waals surface area contributed by atoms with Crippen LogP contribution < -0.4 is 10.2 Å². The largest absolute Gasteiger partial charge is 0.330 e. The van der Waals surface area contributed by atoms with Crippen LogP contribution in [0.2, 0.25) is 0 Å². The number of carbonyl (C=O) groups excluding carboxylic acids is 1. The number of carbonyl (C=O) groups is 1. The average molecular weight is 544 g/mol. The quantitative estimate of drug-likeness (QED) is 0.519. The Balaban J connectivity index is 0.00000420. The Bertz CT molecular complexity index is 771. The van der Waals surface area contributed by atoms with E-state index in [1.807, 2.05) is 44.2 Å². The van der Waals surface area contributed by atoms with Gasteiger partial charge in [0, 0.05) is 38.9 Å². The Morgan fingerprint density at radius 1 is 1.07 bits per heavy atom. The van der Waals surface area contributed by atoms with Crippen LogP contribution in [0.25, 0.3) is 0 Å². The van der Waals surface area contributed by atoms with Crippen LogP contribution in [0.1, 0.15) is 37.6 Å². The van der Waals surface area contributed by atoms with Crippen molar-refractivity contribution in [3.63, 3.8) is 0 Å². The van der Waals surface area contributed by atoms with Gasteiger partial charge in [0.2, 0.25) is 0 Å². The Labute approximate surface area is 202 Å². The molecule has 1 N–H and O–H groups in total. The molecule has 0 saturated heterocycles. The van der Waals surface area contributed by atoms with E-state index in [1.165, 1.54) is 5.56 Å². The summed E-state index contributed by atoms with van der Waals surface area (Å²) in [4.78, 5) is 21.0. The van der Waals surface area contributed by atoms with Crippen LogP contribution in [-0.4, -0.2) is 42.6 Å². The number of hydrogen-bond donors (Lipinski definition) is 1. The van der Waals surface area contributed by atoms with Crippen molar-refractivity contribution in [3.8, 4) is 0 Å². The van der Waals surface area contributed by atoms with E-state index in [9.17, 15) is 4.79 Å². The van der Waals surface area contributed by atoms with Crippen molar-refractivity contribution < 1.29 is 4.79 Å². The molecule has 2 rings (SSSR count). The summed E-state index contributed by atoms with van der Waals surface area (Å²) in [6, 6.07) is 14.4. The summed E-state index contributed by atoms with van der Waals surface area (Å²) in [6.07, 6.45) is 0. The summed E-state index contributed by atoms with van der Waals surface area (Å²) >= 11 is 0. The van der Waals surface area contributed by atoms with Gasteiger partial charge in [0.25, 0.3) is 0 Å². The molecule has 1 unspecified atom stereocenters. The fourth-order valence-electron chi connectivity index (χ4n) is 3.13. The third kappa shape index (κ3) is 8.36. The van der Waals surface area contributed by atoms with Gasteiger partial charge in [0.1, 0.15) is 5.82 Å². The summed E-state index contributed by atoms with van der Waals surface area (Å²) in [6.45, 7) is 11.9. The molecule has 0 radical (unpaired) electrons. The number of nitrogens with one attached hydrogen (secondary N) is 1. The number of benzene rings is 1. The number of halogens is 2. The maximum atomic E-state index is 13.0. The van der Waals surface area contributed by atoms with E-state index < -0.39 is 0 Å². The van der Waals surface area contributed by atoms with Crippen LogP contribution in [0.15, 0.2) is 42.5 Å². The monoisotopic (exact) mass is 542 g/mol. The fourth-order valence-corrected chi connectivity index (χ4v) is 3.13. The maximum Gasteiger partial charge on any atom is 0.325 e. The summed E-state index contributed by atoms with van der Waals surface area (Å²) < 4.78 is 0. The molecule has 30 heavy (non-hydrogen) atoms. The van der Waals surface area contributed by atoms with Crippen molar-refractivity contribution in [1.29, 1.82) is 0 Å². The molecule has 1 heterocycles. The predicted molar refractivity (Wildman–Crippen MR) is 137 cm³/mol. The lowest BCUT2D eigenvalue weighted by Crippen LogP contribution is -2.52. The van der Waals surface area contributed by atoms with Gasteiger partial charge < -0.3 is 10.2 Å². The number of rotatable bonds is 6. The summed E-state index contributed by atoms with van der Waals surface area (Å²) in [5.41, 5.74) is 3.21. The Morgan fingerprint density at radius 2 is 1.67 bits per heavy atom. The van der Waals surface area contributed by atoms with E-state index in [4.69, 9.17) is 0 Å². The molecular formula is C23H36Br2N4O. The summed E-state index contributed by atoms with van der Waals surface area (Å²) in [7, 11) is 3.56. The lowest BCUT2D eigenvalue weighted by atomic mass is 9.86. The van der Waals surface area contributed by atoms with Gasteiger partial charge in [0.05, 0.1) is 0 Å². The van der Waals surface area contributed by atoms with Gasteiger partial charge in [-0.05, 0) is 42.5 Å². The molecule has 1 aromatic heterocycles. The maximum absolute atomic E-state index is 13.0. The zero-order chi connectivity index (χ0) is 20.9. The minimum atomic E-state index is -0.0618. The molecule has 168 valence electrons. The first-order chi connectivity index (χ1) is 13.1. The highest BCUT2D eigenvalue weighted by Crippen LogP contribution is 2.24. The first-order valence-electron chi connectivity index (χ1n) is 9.79. The normalized spacial score (nSPS) is 11.7. The van der Waals surface area contributed by atoms with Crippen molar-refractivity contribution in [2.75, 3.05) is 25.5 Å². The fraction of sp³-hybridized carbons (Fsp3) is 0.478. The minimum absolute atomic E-state index is 0. The smallest absolute Gasteiger partial charge is 0.325 e. The lowest BCUT2D eigenvalue weighted by molar-refractivity contribution is 0.216. The molecule has 0 aliphatic heterocycles. The average Bonchev–Trinajstić information content (AvgIpc) is 2.60. The van der Waals surface area contributed by atoms with Gasteiger partial charge in [-0.15, -0.1) is 34.0 Å². The van der Waals surface area contributed by atoms with Crippen LogP contribution >= 0.6 is 34.0 Å². The van der Waals surface area contributed by atoms with E-state index >= 15 is 0 Å². The highest BCUT2D eigenvalue weighted by atomic mass is 79.9. The third-order valence-corrected chi connectivity index (χ3v) is 4.78. The van der Waals surface area contributed by atoms with Crippen LogP contribution in [0.3, 0.4) is 0 Å². The van der Waals surface area contributed by atoms with E-state index in [0.717, 1.165) is 17.8 Å². The van der Waals surface area contributed by atoms with Crippen LogP contribution in [0, 0.1) is 19.3 Å². The van der Waals surface area contributed by atoms with Crippen molar-refractivity contribution in [2.45, 2.75) is 47.2 Å². The Hall–Kier alpha value is -1.44. The van der Waals surface area contributed by atoms with Gasteiger partial charge >= 0.3 is 6.03 Å². The Morgan fingerprint density at radius 3 is 2.17 bits per heavy atom. The number of urea groups is 1. The second-order valence-electron chi connectivity index (χ2n) is 8.72. The van der Waals surface area contributed by atoms with E-state index in [1.54, 1.807) is 23.9 Å². The molecule has 2 aromatic rings. The minimum Gasteiger partial charge on any atom is -0.330 e. The number of aryl methyl sites for hydroxylation is 2. The van der Waals surface area contributed by atoms with Crippen molar-refractivity contribution >= 4 is 45.8 Å². The lowest BCUT2D eigenvalue weighted by Gasteiger charge is -2.37. The second-order valence-corrected chi connectivity index (χ2v) is 8.72. The molecule has 0 spiro atoms. The predicted octanol–water partition coefficient (Wildman–Crippen LogP) is 5.55. The van der Waals surface area contributed by atoms with Gasteiger partial charge in [-0.2, -0.15) is 0 Å². The molecule has 7 heteroatoms. The molecule has 0 aliphatic rings. The molecule has 0 aliphatic carbocycles. The first kappa shape index (κ1) is 28.6. The zero-order valence-electron chi connectivity index (χ0n) is 19.1. The number of anilines is 1. The molecule has 0 fully saturated rings. The number of pyridine rings is 1. The first-order valence-corrected chi connectivity index (χ1v) is 9.79. The molecule has 1 atom stereocenters. The standard InChI is InChI=1S/C23H34N4O.2BrH/c1-17-13-18(2)25-21(14-17)27(22(28)26(6)7)16-20(23(3,4)5)24-15-19-11-9-8-10-12-19;;/h8-14,20,24H,15-16H2,1-7H3;2*1H. The second kappa shape index (κ2) is 12.4. The third-order valence-electron chi connectivity index (χ3n) is 4.78. The summed E-state index contributed by atoms with van der Waals surface area (Å²) in [5.74, 6) is 0.701. The van der Waals surface area contributed by atoms with Crippen LogP contribution in [-0.2, 0) is 6.54 Å². The van der Waals surface area contributed by atoms with Gasteiger partial charge in [-0.25, -0.2) is 9.78 Å². The molecule has 5 nitrogen and oxygen atoms in total. The Kier molecular flexibility index (Phi) is 11.8. The van der Waals surface area contributed by atoms with Crippen molar-refractivity contribution in [1.82, 2.24) is 15.2 Å². The number of nitrogens with zero attached hydrogens (tertiary/aromatic N) is 3. The zero-order valence-corrected chi connectivity index (χ0v) is 22.5.